The number of aliphatic hydroxyl groups is 3. The van der Waals surface area contributed by atoms with Crippen LogP contribution in [0, 0.1) is 0 Å². The molecule has 1 rings (SSSR count). The van der Waals surface area contributed by atoms with Gasteiger partial charge in [-0.15, -0.1) is 0 Å². The van der Waals surface area contributed by atoms with Crippen molar-refractivity contribution >= 4 is 0 Å². The fourth-order valence-corrected chi connectivity index (χ4v) is 0.770. The lowest BCUT2D eigenvalue weighted by atomic mass is 10.2. The molecule has 1 unspecified atom stereocenters. The standard InChI is InChI=1S/C5H9FO4/c6-3-4(8)2(1-7)10-5(3)9/h2-5,7-9H,1H2/t2-,3-,4-,5?/m1/s1/i5D. The molecule has 0 aliphatic carbocycles. The van der Waals surface area contributed by atoms with Gasteiger partial charge in [0.2, 0.25) is 0 Å². The van der Waals surface area contributed by atoms with Crippen LogP contribution in [0.3, 0.4) is 0 Å². The Morgan fingerprint density at radius 2 is 2.20 bits per heavy atom. The Labute approximate surface area is 58.3 Å². The van der Waals surface area contributed by atoms with Crippen molar-refractivity contribution < 1.29 is 25.8 Å². The van der Waals surface area contributed by atoms with E-state index >= 15 is 0 Å². The average molecular weight is 153 g/mol. The van der Waals surface area contributed by atoms with Crippen LogP contribution in [0.1, 0.15) is 1.37 Å². The first-order valence-electron chi connectivity index (χ1n) is 3.32. The predicted molar refractivity (Wildman–Crippen MR) is 28.9 cm³/mol. The molecule has 0 radical (unpaired) electrons. The number of hydrogen-bond donors (Lipinski definition) is 3. The number of halogens is 1. The van der Waals surface area contributed by atoms with Crippen LogP contribution in [0.5, 0.6) is 0 Å². The fraction of sp³-hybridized carbons (Fsp3) is 1.00. The van der Waals surface area contributed by atoms with Gasteiger partial charge >= 0.3 is 0 Å². The molecular formula is C5H9FO4. The Morgan fingerprint density at radius 3 is 2.40 bits per heavy atom. The summed E-state index contributed by atoms with van der Waals surface area (Å²) in [6.07, 6.45) is -7.78. The second-order valence-corrected chi connectivity index (χ2v) is 2.07. The van der Waals surface area contributed by atoms with Crippen LogP contribution >= 0.6 is 0 Å². The van der Waals surface area contributed by atoms with Gasteiger partial charge in [-0.3, -0.25) is 0 Å². The van der Waals surface area contributed by atoms with E-state index in [1.165, 1.54) is 0 Å². The molecule has 0 aromatic rings. The molecule has 60 valence electrons. The zero-order chi connectivity index (χ0) is 8.65. The number of aliphatic hydroxyl groups excluding tert-OH is 2. The van der Waals surface area contributed by atoms with Crippen molar-refractivity contribution in [2.75, 3.05) is 6.61 Å². The first kappa shape index (κ1) is 6.48. The van der Waals surface area contributed by atoms with Crippen molar-refractivity contribution in [2.24, 2.45) is 0 Å². The molecule has 0 aromatic heterocycles. The minimum atomic E-state index is -2.73. The molecule has 4 atom stereocenters. The zero-order valence-electron chi connectivity index (χ0n) is 6.07. The normalized spacial score (nSPS) is 56.8. The van der Waals surface area contributed by atoms with Crippen LogP contribution in [0.25, 0.3) is 0 Å². The molecule has 5 heteroatoms. The molecule has 0 bridgehead atoms. The van der Waals surface area contributed by atoms with Gasteiger partial charge in [-0.2, -0.15) is 0 Å². The number of ether oxygens (including phenoxy) is 1. The summed E-state index contributed by atoms with van der Waals surface area (Å²) in [5, 5.41) is 26.0. The van der Waals surface area contributed by atoms with E-state index in [1.54, 1.807) is 0 Å². The first-order chi connectivity index (χ1) is 4.99. The van der Waals surface area contributed by atoms with E-state index in [0.717, 1.165) is 0 Å². The molecule has 1 saturated heterocycles. The number of alkyl halides is 1. The summed E-state index contributed by atoms with van der Waals surface area (Å²) in [5.41, 5.74) is 0. The van der Waals surface area contributed by atoms with Gasteiger partial charge in [-0.1, -0.05) is 0 Å². The van der Waals surface area contributed by atoms with Crippen LogP contribution in [-0.4, -0.2) is 46.6 Å². The van der Waals surface area contributed by atoms with E-state index in [1.807, 2.05) is 0 Å². The third kappa shape index (κ3) is 1.13. The minimum Gasteiger partial charge on any atom is -0.394 e. The lowest BCUT2D eigenvalue weighted by Gasteiger charge is -2.08. The zero-order valence-corrected chi connectivity index (χ0v) is 5.07. The maximum absolute atomic E-state index is 12.6. The van der Waals surface area contributed by atoms with Crippen LogP contribution < -0.4 is 0 Å². The lowest BCUT2D eigenvalue weighted by Crippen LogP contribution is -2.30. The van der Waals surface area contributed by atoms with Gasteiger partial charge in [0.25, 0.3) is 0 Å². The van der Waals surface area contributed by atoms with Gasteiger partial charge in [-0.05, 0) is 0 Å². The van der Waals surface area contributed by atoms with Crippen molar-refractivity contribution in [2.45, 2.75) is 24.6 Å². The van der Waals surface area contributed by atoms with Gasteiger partial charge in [-0.25, -0.2) is 4.39 Å². The molecule has 0 amide bonds. The molecule has 10 heavy (non-hydrogen) atoms. The highest BCUT2D eigenvalue weighted by molar-refractivity contribution is 4.85. The Hall–Kier alpha value is -0.230. The second-order valence-electron chi connectivity index (χ2n) is 2.07. The molecule has 0 saturated carbocycles. The molecule has 1 fully saturated rings. The third-order valence-corrected chi connectivity index (χ3v) is 1.37. The Bertz CT molecular complexity index is 153. The molecule has 0 spiro atoms. The maximum atomic E-state index is 12.6. The van der Waals surface area contributed by atoms with Gasteiger partial charge in [0.05, 0.1) is 7.98 Å². The van der Waals surface area contributed by atoms with Crippen molar-refractivity contribution in [3.8, 4) is 0 Å². The lowest BCUT2D eigenvalue weighted by molar-refractivity contribution is -0.121. The first-order valence-corrected chi connectivity index (χ1v) is 2.82. The molecule has 1 aliphatic rings. The van der Waals surface area contributed by atoms with Crippen LogP contribution in [0.2, 0.25) is 0 Å². The summed E-state index contributed by atoms with van der Waals surface area (Å²) >= 11 is 0. The summed E-state index contributed by atoms with van der Waals surface area (Å²) in [6.45, 7) is -0.622. The predicted octanol–water partition coefficient (Wildman–Crippen LogP) is -1.61. The van der Waals surface area contributed by atoms with E-state index in [9.17, 15) is 4.39 Å². The van der Waals surface area contributed by atoms with Gasteiger partial charge in [0.15, 0.2) is 12.4 Å². The third-order valence-electron chi connectivity index (χ3n) is 1.37. The highest BCUT2D eigenvalue weighted by Gasteiger charge is 2.42. The number of rotatable bonds is 1. The molecule has 4 nitrogen and oxygen atoms in total. The number of hydrogen-bond acceptors (Lipinski definition) is 4. The average Bonchev–Trinajstić information content (AvgIpc) is 2.13. The van der Waals surface area contributed by atoms with Crippen molar-refractivity contribution in [1.82, 2.24) is 0 Å². The largest absolute Gasteiger partial charge is 0.394 e. The summed E-state index contributed by atoms with van der Waals surface area (Å²) in [4.78, 5) is 0. The van der Waals surface area contributed by atoms with E-state index in [-0.39, 0.29) is 0 Å². The fourth-order valence-electron chi connectivity index (χ4n) is 0.770. The van der Waals surface area contributed by atoms with Crippen molar-refractivity contribution in [3.63, 3.8) is 0 Å². The second kappa shape index (κ2) is 2.79. The minimum absolute atomic E-state index is 0.622. The van der Waals surface area contributed by atoms with Crippen LogP contribution in [0.15, 0.2) is 0 Å². The van der Waals surface area contributed by atoms with Crippen LogP contribution in [-0.2, 0) is 4.74 Å². The van der Waals surface area contributed by atoms with E-state index in [4.69, 9.17) is 16.7 Å². The monoisotopic (exact) mass is 153 g/mol. The summed E-state index contributed by atoms with van der Waals surface area (Å²) < 4.78 is 23.6. The van der Waals surface area contributed by atoms with Crippen molar-refractivity contribution in [1.29, 1.82) is 0 Å². The molecular weight excluding hydrogens is 143 g/mol. The van der Waals surface area contributed by atoms with Crippen molar-refractivity contribution in [3.05, 3.63) is 0 Å². The summed E-state index contributed by atoms with van der Waals surface area (Å²) in [5.74, 6) is 0. The highest BCUT2D eigenvalue weighted by atomic mass is 19.1. The van der Waals surface area contributed by atoms with Crippen LogP contribution in [0.4, 0.5) is 4.39 Å². The Balaban J connectivity index is 2.69. The van der Waals surface area contributed by atoms with E-state index in [2.05, 4.69) is 4.74 Å². The smallest absolute Gasteiger partial charge is 0.189 e. The van der Waals surface area contributed by atoms with Gasteiger partial charge < -0.3 is 20.1 Å². The highest BCUT2D eigenvalue weighted by Crippen LogP contribution is 2.21. The van der Waals surface area contributed by atoms with Gasteiger partial charge in [0, 0.05) is 0 Å². The molecule has 3 N–H and O–H groups in total. The van der Waals surface area contributed by atoms with E-state index < -0.39 is 31.3 Å². The Kier molecular flexibility index (Phi) is 1.81. The quantitative estimate of drug-likeness (QED) is 0.424. The Morgan fingerprint density at radius 1 is 1.60 bits per heavy atom. The SMILES string of the molecule is [2H]C1(O)O[C@H](CO)[C@@H](O)[C@H]1F. The molecule has 0 aromatic carbocycles. The summed E-state index contributed by atoms with van der Waals surface area (Å²) in [7, 11) is 0. The van der Waals surface area contributed by atoms with E-state index in [0.29, 0.717) is 0 Å². The molecule has 1 aliphatic heterocycles. The molecule has 1 heterocycles. The van der Waals surface area contributed by atoms with Gasteiger partial charge in [0.1, 0.15) is 12.2 Å². The topological polar surface area (TPSA) is 69.9 Å². The summed E-state index contributed by atoms with van der Waals surface area (Å²) in [6, 6.07) is 0. The maximum Gasteiger partial charge on any atom is 0.189 e.